The van der Waals surface area contributed by atoms with Crippen molar-refractivity contribution in [2.45, 2.75) is 27.3 Å². The van der Waals surface area contributed by atoms with E-state index in [2.05, 4.69) is 23.4 Å². The molecule has 6 heteroatoms. The first-order chi connectivity index (χ1) is 9.52. The second kappa shape index (κ2) is 4.71. The van der Waals surface area contributed by atoms with E-state index in [1.54, 1.807) is 18.3 Å². The van der Waals surface area contributed by atoms with Crippen LogP contribution in [0, 0.1) is 13.8 Å². The number of nitrogens with one attached hydrogen (secondary N) is 1. The van der Waals surface area contributed by atoms with Crippen LogP contribution in [-0.2, 0) is 6.54 Å². The molecule has 3 heterocycles. The van der Waals surface area contributed by atoms with Crippen molar-refractivity contribution in [3.8, 4) is 9.75 Å². The molecule has 0 atom stereocenters. The number of H-pyrrole nitrogens is 1. The Bertz CT molecular complexity index is 912. The molecule has 3 aromatic rings. The minimum absolute atomic E-state index is 0.195. The molecule has 0 spiro atoms. The zero-order valence-electron chi connectivity index (χ0n) is 11.4. The Labute approximate surface area is 123 Å². The molecule has 0 radical (unpaired) electrons. The predicted octanol–water partition coefficient (Wildman–Crippen LogP) is 3.12. The Morgan fingerprint density at radius 2 is 2.05 bits per heavy atom. The van der Waals surface area contributed by atoms with Crippen molar-refractivity contribution in [2.24, 2.45) is 0 Å². The maximum atomic E-state index is 12.4. The zero-order chi connectivity index (χ0) is 14.4. The first-order valence-corrected chi connectivity index (χ1v) is 8.04. The lowest BCUT2D eigenvalue weighted by Crippen LogP contribution is -2.34. The van der Waals surface area contributed by atoms with Gasteiger partial charge in [-0.1, -0.05) is 0 Å². The molecule has 0 amide bonds. The van der Waals surface area contributed by atoms with Gasteiger partial charge in [-0.2, -0.15) is 0 Å². The third kappa shape index (κ3) is 1.87. The van der Waals surface area contributed by atoms with Crippen LogP contribution in [0.2, 0.25) is 0 Å². The highest BCUT2D eigenvalue weighted by atomic mass is 32.1. The summed E-state index contributed by atoms with van der Waals surface area (Å²) in [5, 5.41) is 2.73. The average molecular weight is 306 g/mol. The molecule has 0 bridgehead atoms. The van der Waals surface area contributed by atoms with Crippen LogP contribution in [0.4, 0.5) is 0 Å². The van der Waals surface area contributed by atoms with Gasteiger partial charge in [0.1, 0.15) is 4.83 Å². The van der Waals surface area contributed by atoms with E-state index in [-0.39, 0.29) is 11.2 Å². The second-order valence-corrected chi connectivity index (χ2v) is 6.66. The Morgan fingerprint density at radius 1 is 1.30 bits per heavy atom. The highest BCUT2D eigenvalue weighted by Gasteiger charge is 2.17. The number of aromatic amines is 1. The van der Waals surface area contributed by atoms with Crippen molar-refractivity contribution in [1.29, 1.82) is 0 Å². The molecule has 104 valence electrons. The van der Waals surface area contributed by atoms with Crippen molar-refractivity contribution in [3.63, 3.8) is 0 Å². The van der Waals surface area contributed by atoms with Crippen LogP contribution in [-0.4, -0.2) is 9.55 Å². The number of nitrogens with zero attached hydrogens (tertiary/aromatic N) is 1. The Kier molecular flexibility index (Phi) is 3.14. The van der Waals surface area contributed by atoms with Gasteiger partial charge in [0.2, 0.25) is 0 Å². The fraction of sp³-hybridized carbons (Fsp3) is 0.286. The minimum Gasteiger partial charge on any atom is -0.298 e. The third-order valence-corrected chi connectivity index (χ3v) is 5.78. The van der Waals surface area contributed by atoms with Gasteiger partial charge >= 0.3 is 5.69 Å². The lowest BCUT2D eigenvalue weighted by atomic mass is 10.2. The molecule has 0 aliphatic carbocycles. The Hall–Kier alpha value is -1.66. The van der Waals surface area contributed by atoms with Gasteiger partial charge in [-0.15, -0.1) is 22.7 Å². The van der Waals surface area contributed by atoms with Gasteiger partial charge in [-0.25, -0.2) is 4.79 Å². The van der Waals surface area contributed by atoms with Crippen molar-refractivity contribution >= 4 is 32.9 Å². The topological polar surface area (TPSA) is 54.9 Å². The van der Waals surface area contributed by atoms with Crippen molar-refractivity contribution in [2.75, 3.05) is 0 Å². The summed E-state index contributed by atoms with van der Waals surface area (Å²) in [5.41, 5.74) is 1.64. The SMILES string of the molecule is CCn1c(=O)[nH]c2sc(-c3cc(C)cs3)c(C)c2c1=O. The van der Waals surface area contributed by atoms with E-state index in [1.165, 1.54) is 21.5 Å². The number of aromatic nitrogens is 2. The maximum Gasteiger partial charge on any atom is 0.329 e. The minimum atomic E-state index is -0.333. The summed E-state index contributed by atoms with van der Waals surface area (Å²) in [5.74, 6) is 0. The molecule has 0 unspecified atom stereocenters. The lowest BCUT2D eigenvalue weighted by molar-refractivity contribution is 0.685. The van der Waals surface area contributed by atoms with E-state index in [1.807, 2.05) is 6.92 Å². The first kappa shape index (κ1) is 13.3. The van der Waals surface area contributed by atoms with Gasteiger partial charge in [-0.3, -0.25) is 14.3 Å². The van der Waals surface area contributed by atoms with Crippen LogP contribution in [0.25, 0.3) is 20.0 Å². The smallest absolute Gasteiger partial charge is 0.298 e. The molecule has 4 nitrogen and oxygen atoms in total. The molecule has 3 aromatic heterocycles. The highest BCUT2D eigenvalue weighted by molar-refractivity contribution is 7.25. The summed E-state index contributed by atoms with van der Waals surface area (Å²) >= 11 is 3.14. The molecular formula is C14H14N2O2S2. The van der Waals surface area contributed by atoms with E-state index in [0.29, 0.717) is 16.8 Å². The van der Waals surface area contributed by atoms with Crippen LogP contribution in [0.3, 0.4) is 0 Å². The summed E-state index contributed by atoms with van der Waals surface area (Å²) in [4.78, 5) is 30.0. The van der Waals surface area contributed by atoms with Gasteiger partial charge in [0.15, 0.2) is 0 Å². The normalized spacial score (nSPS) is 11.3. The molecule has 1 N–H and O–H groups in total. The number of thiophene rings is 2. The average Bonchev–Trinajstić information content (AvgIpc) is 2.94. The summed E-state index contributed by atoms with van der Waals surface area (Å²) in [6.07, 6.45) is 0. The van der Waals surface area contributed by atoms with Crippen molar-refractivity contribution in [3.05, 3.63) is 43.4 Å². The third-order valence-electron chi connectivity index (χ3n) is 3.34. The molecule has 3 rings (SSSR count). The zero-order valence-corrected chi connectivity index (χ0v) is 13.1. The van der Waals surface area contributed by atoms with E-state index in [4.69, 9.17) is 0 Å². The fourth-order valence-corrected chi connectivity index (χ4v) is 4.59. The number of hydrogen-bond acceptors (Lipinski definition) is 4. The van der Waals surface area contributed by atoms with E-state index < -0.39 is 0 Å². The standard InChI is InChI=1S/C14H14N2O2S2/c1-4-16-13(17)10-8(3)11(9-5-7(2)6-19-9)20-12(10)15-14(16)18/h5-6H,4H2,1-3H3,(H,15,18). The molecular weight excluding hydrogens is 292 g/mol. The lowest BCUT2D eigenvalue weighted by Gasteiger charge is -2.00. The Balaban J connectivity index is 2.39. The number of hydrogen-bond donors (Lipinski definition) is 1. The molecule has 0 aliphatic heterocycles. The second-order valence-electron chi connectivity index (χ2n) is 4.73. The van der Waals surface area contributed by atoms with Crippen LogP contribution >= 0.6 is 22.7 Å². The molecule has 0 saturated carbocycles. The van der Waals surface area contributed by atoms with Gasteiger partial charge in [-0.05, 0) is 43.3 Å². The van der Waals surface area contributed by atoms with Gasteiger partial charge in [0, 0.05) is 11.4 Å². The molecule has 0 aliphatic rings. The number of fused-ring (bicyclic) bond motifs is 1. The Morgan fingerprint density at radius 3 is 2.65 bits per heavy atom. The van der Waals surface area contributed by atoms with E-state index >= 15 is 0 Å². The van der Waals surface area contributed by atoms with E-state index in [0.717, 1.165) is 15.3 Å². The summed E-state index contributed by atoms with van der Waals surface area (Å²) < 4.78 is 1.24. The van der Waals surface area contributed by atoms with Gasteiger partial charge < -0.3 is 0 Å². The van der Waals surface area contributed by atoms with Crippen LogP contribution in [0.5, 0.6) is 0 Å². The van der Waals surface area contributed by atoms with E-state index in [9.17, 15) is 9.59 Å². The summed E-state index contributed by atoms with van der Waals surface area (Å²) in [6, 6.07) is 2.11. The first-order valence-electron chi connectivity index (χ1n) is 6.34. The van der Waals surface area contributed by atoms with Crippen molar-refractivity contribution in [1.82, 2.24) is 9.55 Å². The molecule has 0 aromatic carbocycles. The van der Waals surface area contributed by atoms with Gasteiger partial charge in [0.05, 0.1) is 10.3 Å². The van der Waals surface area contributed by atoms with Gasteiger partial charge in [0.25, 0.3) is 5.56 Å². The largest absolute Gasteiger partial charge is 0.329 e. The predicted molar refractivity (Wildman–Crippen MR) is 85.2 cm³/mol. The summed E-state index contributed by atoms with van der Waals surface area (Å²) in [6.45, 7) is 6.18. The molecule has 0 fully saturated rings. The fourth-order valence-electron chi connectivity index (χ4n) is 2.32. The quantitative estimate of drug-likeness (QED) is 0.791. The molecule has 0 saturated heterocycles. The molecule has 20 heavy (non-hydrogen) atoms. The highest BCUT2D eigenvalue weighted by Crippen LogP contribution is 2.38. The number of aryl methyl sites for hydroxylation is 2. The van der Waals surface area contributed by atoms with Crippen LogP contribution in [0.15, 0.2) is 21.0 Å². The monoisotopic (exact) mass is 306 g/mol. The summed E-state index contributed by atoms with van der Waals surface area (Å²) in [7, 11) is 0. The number of rotatable bonds is 2. The van der Waals surface area contributed by atoms with Crippen molar-refractivity contribution < 1.29 is 0 Å². The van der Waals surface area contributed by atoms with Crippen LogP contribution in [0.1, 0.15) is 18.1 Å². The maximum absolute atomic E-state index is 12.4. The van der Waals surface area contributed by atoms with Crippen LogP contribution < -0.4 is 11.2 Å².